The number of nitrogens with one attached hydrogen (secondary N) is 1. The Bertz CT molecular complexity index is 835. The van der Waals surface area contributed by atoms with Gasteiger partial charge in [0.05, 0.1) is 0 Å². The van der Waals surface area contributed by atoms with Crippen molar-refractivity contribution in [2.75, 3.05) is 14.1 Å². The molecule has 0 fully saturated rings. The van der Waals surface area contributed by atoms with Crippen molar-refractivity contribution in [1.29, 1.82) is 0 Å². The van der Waals surface area contributed by atoms with E-state index in [9.17, 15) is 4.79 Å². The molecule has 0 saturated carbocycles. The number of carbonyl (C=O) groups is 1. The molecule has 0 radical (unpaired) electrons. The molecule has 1 N–H and O–H groups in total. The molecule has 0 spiro atoms. The van der Waals surface area contributed by atoms with E-state index in [2.05, 4.69) is 59.7 Å². The van der Waals surface area contributed by atoms with Gasteiger partial charge < -0.3 is 5.32 Å². The van der Waals surface area contributed by atoms with Crippen LogP contribution in [-0.2, 0) is 13.1 Å². The Morgan fingerprint density at radius 1 is 0.917 bits per heavy atom. The summed E-state index contributed by atoms with van der Waals surface area (Å²) in [6, 6.07) is 22.7. The molecule has 1 amide bonds. The SMILES string of the molecule is CNC(=O)c1ccc(CN(C)Cc2cccc3ccccc23)cc1. The van der Waals surface area contributed by atoms with Crippen molar-refractivity contribution in [3.63, 3.8) is 0 Å². The highest BCUT2D eigenvalue weighted by atomic mass is 16.1. The van der Waals surface area contributed by atoms with Gasteiger partial charge in [0, 0.05) is 25.7 Å². The number of hydrogen-bond donors (Lipinski definition) is 1. The smallest absolute Gasteiger partial charge is 0.251 e. The third-order valence-corrected chi connectivity index (χ3v) is 4.22. The number of amides is 1. The summed E-state index contributed by atoms with van der Waals surface area (Å²) in [6.07, 6.45) is 0. The van der Waals surface area contributed by atoms with Crippen molar-refractivity contribution in [1.82, 2.24) is 10.2 Å². The molecular formula is C21H22N2O. The maximum Gasteiger partial charge on any atom is 0.251 e. The van der Waals surface area contributed by atoms with Crippen LogP contribution in [0.4, 0.5) is 0 Å². The van der Waals surface area contributed by atoms with Crippen LogP contribution in [0.25, 0.3) is 10.8 Å². The summed E-state index contributed by atoms with van der Waals surface area (Å²) < 4.78 is 0. The fraction of sp³-hybridized carbons (Fsp3) is 0.190. The molecule has 0 bridgehead atoms. The monoisotopic (exact) mass is 318 g/mol. The van der Waals surface area contributed by atoms with Gasteiger partial charge in [-0.2, -0.15) is 0 Å². The molecule has 0 aromatic heterocycles. The van der Waals surface area contributed by atoms with Crippen molar-refractivity contribution >= 4 is 16.7 Å². The highest BCUT2D eigenvalue weighted by Gasteiger charge is 2.07. The minimum Gasteiger partial charge on any atom is -0.355 e. The van der Waals surface area contributed by atoms with Gasteiger partial charge in [-0.15, -0.1) is 0 Å². The number of fused-ring (bicyclic) bond motifs is 1. The minimum atomic E-state index is -0.0503. The van der Waals surface area contributed by atoms with E-state index in [1.54, 1.807) is 7.05 Å². The van der Waals surface area contributed by atoms with E-state index < -0.39 is 0 Å². The van der Waals surface area contributed by atoms with Crippen LogP contribution in [0.1, 0.15) is 21.5 Å². The van der Waals surface area contributed by atoms with Crippen molar-refractivity contribution in [2.24, 2.45) is 0 Å². The molecule has 3 aromatic rings. The quantitative estimate of drug-likeness (QED) is 0.775. The molecule has 3 nitrogen and oxygen atoms in total. The largest absolute Gasteiger partial charge is 0.355 e. The van der Waals surface area contributed by atoms with E-state index in [1.807, 2.05) is 24.3 Å². The summed E-state index contributed by atoms with van der Waals surface area (Å²) in [6.45, 7) is 1.73. The summed E-state index contributed by atoms with van der Waals surface area (Å²) in [5.41, 5.74) is 3.22. The van der Waals surface area contributed by atoms with Crippen molar-refractivity contribution in [2.45, 2.75) is 13.1 Å². The van der Waals surface area contributed by atoms with Gasteiger partial charge in [-0.1, -0.05) is 54.6 Å². The lowest BCUT2D eigenvalue weighted by Gasteiger charge is -2.18. The number of carbonyl (C=O) groups excluding carboxylic acids is 1. The zero-order chi connectivity index (χ0) is 16.9. The molecule has 3 rings (SSSR count). The van der Waals surface area contributed by atoms with Gasteiger partial charge in [0.2, 0.25) is 0 Å². The van der Waals surface area contributed by atoms with Crippen LogP contribution in [0.3, 0.4) is 0 Å². The van der Waals surface area contributed by atoms with E-state index in [0.29, 0.717) is 5.56 Å². The highest BCUT2D eigenvalue weighted by Crippen LogP contribution is 2.20. The first kappa shape index (κ1) is 16.2. The van der Waals surface area contributed by atoms with E-state index in [4.69, 9.17) is 0 Å². The van der Waals surface area contributed by atoms with Crippen LogP contribution in [0.2, 0.25) is 0 Å². The van der Waals surface area contributed by atoms with Gasteiger partial charge in [0.15, 0.2) is 0 Å². The normalized spacial score (nSPS) is 11.0. The summed E-state index contributed by atoms with van der Waals surface area (Å²) in [4.78, 5) is 13.9. The summed E-state index contributed by atoms with van der Waals surface area (Å²) in [5.74, 6) is -0.0503. The van der Waals surface area contributed by atoms with Crippen LogP contribution in [-0.4, -0.2) is 24.9 Å². The van der Waals surface area contributed by atoms with E-state index in [0.717, 1.165) is 13.1 Å². The zero-order valence-electron chi connectivity index (χ0n) is 14.1. The Kier molecular flexibility index (Phi) is 4.92. The first-order valence-corrected chi connectivity index (χ1v) is 8.13. The van der Waals surface area contributed by atoms with Crippen LogP contribution in [0.5, 0.6) is 0 Å². The maximum atomic E-state index is 11.6. The molecule has 0 aliphatic rings. The average Bonchev–Trinajstić information content (AvgIpc) is 2.62. The van der Waals surface area contributed by atoms with Crippen molar-refractivity contribution in [3.8, 4) is 0 Å². The lowest BCUT2D eigenvalue weighted by molar-refractivity contribution is 0.0963. The van der Waals surface area contributed by atoms with Crippen molar-refractivity contribution in [3.05, 3.63) is 83.4 Å². The lowest BCUT2D eigenvalue weighted by Crippen LogP contribution is -2.19. The molecule has 3 heteroatoms. The molecule has 0 saturated heterocycles. The van der Waals surface area contributed by atoms with Crippen LogP contribution >= 0.6 is 0 Å². The topological polar surface area (TPSA) is 32.3 Å². The van der Waals surface area contributed by atoms with Gasteiger partial charge in [-0.25, -0.2) is 0 Å². The average molecular weight is 318 g/mol. The Labute approximate surface area is 142 Å². The van der Waals surface area contributed by atoms with E-state index >= 15 is 0 Å². The standard InChI is InChI=1S/C21H22N2O/c1-22-21(24)18-12-10-16(11-13-18)14-23(2)15-19-8-5-7-17-6-3-4-9-20(17)19/h3-13H,14-15H2,1-2H3,(H,22,24). The number of rotatable bonds is 5. The van der Waals surface area contributed by atoms with Crippen LogP contribution in [0, 0.1) is 0 Å². The zero-order valence-corrected chi connectivity index (χ0v) is 14.1. The number of nitrogens with zero attached hydrogens (tertiary/aromatic N) is 1. The Morgan fingerprint density at radius 3 is 2.38 bits per heavy atom. The van der Waals surface area contributed by atoms with E-state index in [-0.39, 0.29) is 5.91 Å². The molecule has 0 aliphatic carbocycles. The molecule has 0 atom stereocenters. The Hall–Kier alpha value is -2.65. The lowest BCUT2D eigenvalue weighted by atomic mass is 10.0. The third-order valence-electron chi connectivity index (χ3n) is 4.22. The first-order valence-electron chi connectivity index (χ1n) is 8.13. The number of benzene rings is 3. The van der Waals surface area contributed by atoms with Gasteiger partial charge >= 0.3 is 0 Å². The molecular weight excluding hydrogens is 296 g/mol. The van der Waals surface area contributed by atoms with Gasteiger partial charge in [0.25, 0.3) is 5.91 Å². The molecule has 0 aliphatic heterocycles. The van der Waals surface area contributed by atoms with Crippen LogP contribution in [0.15, 0.2) is 66.7 Å². The second-order valence-corrected chi connectivity index (χ2v) is 6.09. The van der Waals surface area contributed by atoms with E-state index in [1.165, 1.54) is 21.9 Å². The summed E-state index contributed by atoms with van der Waals surface area (Å²) in [7, 11) is 3.77. The Morgan fingerprint density at radius 2 is 1.62 bits per heavy atom. The third kappa shape index (κ3) is 3.63. The highest BCUT2D eigenvalue weighted by molar-refractivity contribution is 5.93. The maximum absolute atomic E-state index is 11.6. The first-order chi connectivity index (χ1) is 11.7. The van der Waals surface area contributed by atoms with Gasteiger partial charge in [-0.3, -0.25) is 9.69 Å². The molecule has 122 valence electrons. The minimum absolute atomic E-state index is 0.0503. The predicted molar refractivity (Wildman–Crippen MR) is 99.0 cm³/mol. The fourth-order valence-corrected chi connectivity index (χ4v) is 2.99. The molecule has 24 heavy (non-hydrogen) atoms. The van der Waals surface area contributed by atoms with Crippen LogP contribution < -0.4 is 5.32 Å². The molecule has 0 heterocycles. The van der Waals surface area contributed by atoms with Crippen molar-refractivity contribution < 1.29 is 4.79 Å². The Balaban J connectivity index is 1.71. The molecule has 0 unspecified atom stereocenters. The predicted octanol–water partition coefficient (Wildman–Crippen LogP) is 3.83. The van der Waals surface area contributed by atoms with Gasteiger partial charge in [0.1, 0.15) is 0 Å². The number of hydrogen-bond acceptors (Lipinski definition) is 2. The fourth-order valence-electron chi connectivity index (χ4n) is 2.99. The summed E-state index contributed by atoms with van der Waals surface area (Å²) in [5, 5.41) is 5.23. The summed E-state index contributed by atoms with van der Waals surface area (Å²) >= 11 is 0. The second-order valence-electron chi connectivity index (χ2n) is 6.09. The molecule has 3 aromatic carbocycles. The van der Waals surface area contributed by atoms with Gasteiger partial charge in [-0.05, 0) is 41.1 Å². The second kappa shape index (κ2) is 7.28.